The van der Waals surface area contributed by atoms with Gasteiger partial charge in [0, 0.05) is 22.8 Å². The molecule has 0 aromatic heterocycles. The maximum absolute atomic E-state index is 12.2. The van der Waals surface area contributed by atoms with Crippen molar-refractivity contribution in [3.8, 4) is 0 Å². The average molecular weight is 330 g/mol. The molecule has 0 radical (unpaired) electrons. The van der Waals surface area contributed by atoms with Gasteiger partial charge in [-0.3, -0.25) is 4.79 Å². The van der Waals surface area contributed by atoms with Crippen LogP contribution in [0.4, 0.5) is 0 Å². The highest BCUT2D eigenvalue weighted by Gasteiger charge is 2.17. The molecular weight excluding hydrogens is 310 g/mol. The van der Waals surface area contributed by atoms with Crippen LogP contribution >= 0.6 is 10.7 Å². The second-order valence-corrected chi connectivity index (χ2v) is 8.18. The van der Waals surface area contributed by atoms with Gasteiger partial charge in [0.05, 0.1) is 4.90 Å². The molecule has 0 saturated heterocycles. The molecule has 1 fully saturated rings. The highest BCUT2D eigenvalue weighted by molar-refractivity contribution is 8.13. The molecule has 1 aromatic rings. The fourth-order valence-electron chi connectivity index (χ4n) is 2.78. The quantitative estimate of drug-likeness (QED) is 0.843. The number of rotatable bonds is 5. The maximum atomic E-state index is 12.2. The maximum Gasteiger partial charge on any atom is 0.261 e. The molecule has 6 heteroatoms. The van der Waals surface area contributed by atoms with Crippen molar-refractivity contribution in [2.45, 2.75) is 43.9 Å². The Balaban J connectivity index is 2.01. The SMILES string of the molecule is Cc1ccc(S(=O)(=O)Cl)cc1C(=O)NCCC1CCCC1. The van der Waals surface area contributed by atoms with Crippen molar-refractivity contribution in [1.82, 2.24) is 5.32 Å². The van der Waals surface area contributed by atoms with E-state index in [1.807, 2.05) is 0 Å². The molecular formula is C15H20ClNO3S. The minimum Gasteiger partial charge on any atom is -0.352 e. The van der Waals surface area contributed by atoms with E-state index < -0.39 is 9.05 Å². The van der Waals surface area contributed by atoms with Crippen molar-refractivity contribution >= 4 is 25.6 Å². The lowest BCUT2D eigenvalue weighted by atomic mass is 10.0. The number of nitrogens with one attached hydrogen (secondary N) is 1. The first-order valence-electron chi connectivity index (χ1n) is 7.21. The van der Waals surface area contributed by atoms with Gasteiger partial charge < -0.3 is 5.32 Å². The van der Waals surface area contributed by atoms with Crippen molar-refractivity contribution in [2.75, 3.05) is 6.54 Å². The van der Waals surface area contributed by atoms with Crippen molar-refractivity contribution in [3.63, 3.8) is 0 Å². The first-order chi connectivity index (χ1) is 9.88. The summed E-state index contributed by atoms with van der Waals surface area (Å²) in [6.07, 6.45) is 6.04. The Bertz CT molecular complexity index is 622. The molecule has 0 heterocycles. The lowest BCUT2D eigenvalue weighted by molar-refractivity contribution is 0.0950. The van der Waals surface area contributed by atoms with Crippen LogP contribution in [0.25, 0.3) is 0 Å². The van der Waals surface area contributed by atoms with E-state index in [2.05, 4.69) is 5.32 Å². The van der Waals surface area contributed by atoms with Crippen LogP contribution in [0.5, 0.6) is 0 Å². The molecule has 1 saturated carbocycles. The Morgan fingerprint density at radius 3 is 2.62 bits per heavy atom. The summed E-state index contributed by atoms with van der Waals surface area (Å²) in [5.41, 5.74) is 1.10. The minimum atomic E-state index is -3.82. The van der Waals surface area contributed by atoms with Gasteiger partial charge in [0.15, 0.2) is 0 Å². The Hall–Kier alpha value is -1.07. The molecule has 0 unspecified atom stereocenters. The van der Waals surface area contributed by atoms with Gasteiger partial charge >= 0.3 is 0 Å². The number of hydrogen-bond acceptors (Lipinski definition) is 3. The van der Waals surface area contributed by atoms with Crippen molar-refractivity contribution in [2.24, 2.45) is 5.92 Å². The van der Waals surface area contributed by atoms with E-state index in [-0.39, 0.29) is 10.8 Å². The minimum absolute atomic E-state index is 0.0456. The second kappa shape index (κ2) is 6.79. The fraction of sp³-hybridized carbons (Fsp3) is 0.533. The number of carbonyl (C=O) groups excluding carboxylic acids is 1. The van der Waals surface area contributed by atoms with Crippen LogP contribution in [0.1, 0.15) is 48.0 Å². The zero-order valence-corrected chi connectivity index (χ0v) is 13.6. The summed E-state index contributed by atoms with van der Waals surface area (Å²) in [7, 11) is 1.50. The number of hydrogen-bond donors (Lipinski definition) is 1. The van der Waals surface area contributed by atoms with E-state index in [0.29, 0.717) is 18.0 Å². The highest BCUT2D eigenvalue weighted by Crippen LogP contribution is 2.27. The van der Waals surface area contributed by atoms with Crippen LogP contribution in [-0.4, -0.2) is 20.9 Å². The first-order valence-corrected chi connectivity index (χ1v) is 9.52. The number of benzene rings is 1. The van der Waals surface area contributed by atoms with Crippen molar-refractivity contribution in [1.29, 1.82) is 0 Å². The van der Waals surface area contributed by atoms with Crippen LogP contribution in [-0.2, 0) is 9.05 Å². The normalized spacial score (nSPS) is 16.1. The predicted octanol–water partition coefficient (Wildman–Crippen LogP) is 3.23. The third-order valence-corrected chi connectivity index (χ3v) is 5.40. The summed E-state index contributed by atoms with van der Waals surface area (Å²) >= 11 is 0. The van der Waals surface area contributed by atoms with E-state index in [0.717, 1.165) is 12.0 Å². The molecule has 0 spiro atoms. The molecule has 1 aliphatic carbocycles. The summed E-state index contributed by atoms with van der Waals surface area (Å²) in [4.78, 5) is 12.1. The molecule has 4 nitrogen and oxygen atoms in total. The monoisotopic (exact) mass is 329 g/mol. The number of carbonyl (C=O) groups is 1. The molecule has 1 aliphatic rings. The van der Waals surface area contributed by atoms with E-state index in [1.165, 1.54) is 37.8 Å². The Kier molecular flexibility index (Phi) is 5.27. The van der Waals surface area contributed by atoms with Gasteiger partial charge in [0.1, 0.15) is 0 Å². The smallest absolute Gasteiger partial charge is 0.261 e. The lowest BCUT2D eigenvalue weighted by Crippen LogP contribution is -2.26. The molecule has 1 amide bonds. The van der Waals surface area contributed by atoms with E-state index in [9.17, 15) is 13.2 Å². The molecule has 21 heavy (non-hydrogen) atoms. The van der Waals surface area contributed by atoms with Crippen molar-refractivity contribution < 1.29 is 13.2 Å². The molecule has 1 aromatic carbocycles. The summed E-state index contributed by atoms with van der Waals surface area (Å²) in [5.74, 6) is 0.466. The summed E-state index contributed by atoms with van der Waals surface area (Å²) in [5, 5.41) is 2.87. The first kappa shape index (κ1) is 16.3. The molecule has 0 bridgehead atoms. The highest BCUT2D eigenvalue weighted by atomic mass is 35.7. The summed E-state index contributed by atoms with van der Waals surface area (Å²) < 4.78 is 22.7. The Morgan fingerprint density at radius 1 is 1.33 bits per heavy atom. The van der Waals surface area contributed by atoms with Gasteiger partial charge in [0.25, 0.3) is 15.0 Å². The second-order valence-electron chi connectivity index (χ2n) is 5.61. The standard InChI is InChI=1S/C15H20ClNO3S/c1-11-6-7-13(21(16,19)20)10-14(11)15(18)17-9-8-12-4-2-3-5-12/h6-7,10,12H,2-5,8-9H2,1H3,(H,17,18). The molecule has 2 rings (SSSR count). The largest absolute Gasteiger partial charge is 0.352 e. The van der Waals surface area contributed by atoms with Gasteiger partial charge in [-0.15, -0.1) is 0 Å². The van der Waals surface area contributed by atoms with Gasteiger partial charge in [-0.05, 0) is 37.0 Å². The van der Waals surface area contributed by atoms with E-state index in [4.69, 9.17) is 10.7 Å². The number of aryl methyl sites for hydroxylation is 1. The Morgan fingerprint density at radius 2 is 2.00 bits per heavy atom. The molecule has 0 atom stereocenters. The fourth-order valence-corrected chi connectivity index (χ4v) is 3.56. The topological polar surface area (TPSA) is 63.2 Å². The molecule has 0 aliphatic heterocycles. The van der Waals surface area contributed by atoms with Crippen molar-refractivity contribution in [3.05, 3.63) is 29.3 Å². The van der Waals surface area contributed by atoms with Crippen LogP contribution in [0.15, 0.2) is 23.1 Å². The van der Waals surface area contributed by atoms with Crippen LogP contribution in [0.2, 0.25) is 0 Å². The lowest BCUT2D eigenvalue weighted by Gasteiger charge is -2.11. The van der Waals surface area contributed by atoms with Crippen LogP contribution < -0.4 is 5.32 Å². The van der Waals surface area contributed by atoms with Gasteiger partial charge in [-0.25, -0.2) is 8.42 Å². The zero-order valence-electron chi connectivity index (χ0n) is 12.1. The van der Waals surface area contributed by atoms with Gasteiger partial charge in [-0.2, -0.15) is 0 Å². The molecule has 1 N–H and O–H groups in total. The third kappa shape index (κ3) is 4.45. The van der Waals surface area contributed by atoms with Crippen LogP contribution in [0, 0.1) is 12.8 Å². The van der Waals surface area contributed by atoms with E-state index in [1.54, 1.807) is 13.0 Å². The van der Waals surface area contributed by atoms with Gasteiger partial charge in [0.2, 0.25) is 0 Å². The average Bonchev–Trinajstić information content (AvgIpc) is 2.91. The van der Waals surface area contributed by atoms with Crippen LogP contribution in [0.3, 0.4) is 0 Å². The summed E-state index contributed by atoms with van der Waals surface area (Å²) in [6.45, 7) is 2.40. The number of halogens is 1. The van der Waals surface area contributed by atoms with Gasteiger partial charge in [-0.1, -0.05) is 31.7 Å². The Labute approximate surface area is 130 Å². The summed E-state index contributed by atoms with van der Waals surface area (Å²) in [6, 6.07) is 4.34. The zero-order chi connectivity index (χ0) is 15.5. The molecule has 116 valence electrons. The van der Waals surface area contributed by atoms with E-state index >= 15 is 0 Å². The third-order valence-electron chi connectivity index (χ3n) is 4.05. The predicted molar refractivity (Wildman–Crippen MR) is 83.1 cm³/mol. The number of amides is 1.